The monoisotopic (exact) mass is 398 g/mol. The predicted octanol–water partition coefficient (Wildman–Crippen LogP) is 3.35. The molecule has 21 heavy (non-hydrogen) atoms. The molecule has 0 N–H and O–H groups in total. The molecule has 0 unspecified atom stereocenters. The van der Waals surface area contributed by atoms with E-state index in [1.807, 2.05) is 0 Å². The van der Waals surface area contributed by atoms with Crippen molar-refractivity contribution in [3.63, 3.8) is 0 Å². The highest BCUT2D eigenvalue weighted by Crippen LogP contribution is 2.26. The van der Waals surface area contributed by atoms with E-state index in [1.54, 1.807) is 0 Å². The van der Waals surface area contributed by atoms with Crippen LogP contribution in [0.15, 0.2) is 27.6 Å². The highest BCUT2D eigenvalue weighted by Gasteiger charge is 2.18. The molecule has 0 saturated heterocycles. The van der Waals surface area contributed by atoms with Gasteiger partial charge in [0, 0.05) is 21.8 Å². The first kappa shape index (κ1) is 18.4. The van der Waals surface area contributed by atoms with Gasteiger partial charge in [0.05, 0.1) is 17.1 Å². The van der Waals surface area contributed by atoms with Crippen LogP contribution in [0.2, 0.25) is 0 Å². The molecular formula is C13H16BrClO5S. The quantitative estimate of drug-likeness (QED) is 0.381. The zero-order chi connectivity index (χ0) is 15.9. The fraction of sp³-hybridized carbons (Fsp3) is 0.462. The van der Waals surface area contributed by atoms with Crippen molar-refractivity contribution in [2.45, 2.75) is 24.7 Å². The van der Waals surface area contributed by atoms with Crippen LogP contribution in [0.3, 0.4) is 0 Å². The van der Waals surface area contributed by atoms with E-state index in [2.05, 4.69) is 22.9 Å². The number of halogens is 2. The zero-order valence-corrected chi connectivity index (χ0v) is 14.6. The summed E-state index contributed by atoms with van der Waals surface area (Å²) in [5.41, 5.74) is 0.117. The average Bonchev–Trinajstić information content (AvgIpc) is 2.41. The fourth-order valence-electron chi connectivity index (χ4n) is 1.44. The predicted molar refractivity (Wildman–Crippen MR) is 83.2 cm³/mol. The number of esters is 1. The number of rotatable bonds is 8. The Morgan fingerprint density at radius 3 is 2.62 bits per heavy atom. The van der Waals surface area contributed by atoms with E-state index < -0.39 is 15.0 Å². The molecule has 5 nitrogen and oxygen atoms in total. The summed E-state index contributed by atoms with van der Waals surface area (Å²) in [6, 6.07) is 4.06. The van der Waals surface area contributed by atoms with Crippen LogP contribution in [0.4, 0.5) is 0 Å². The van der Waals surface area contributed by atoms with Gasteiger partial charge in [-0.1, -0.05) is 13.3 Å². The number of benzene rings is 1. The molecule has 0 fully saturated rings. The summed E-state index contributed by atoms with van der Waals surface area (Å²) in [7, 11) is 1.35. The largest absolute Gasteiger partial charge is 0.460 e. The second-order valence-electron chi connectivity index (χ2n) is 4.18. The number of carbonyl (C=O) groups excluding carboxylic acids is 1. The van der Waals surface area contributed by atoms with Gasteiger partial charge in [-0.05, 0) is 40.5 Å². The molecule has 0 radical (unpaired) electrons. The number of ether oxygens (including phenoxy) is 2. The van der Waals surface area contributed by atoms with Crippen molar-refractivity contribution in [1.29, 1.82) is 0 Å². The third-order valence-electron chi connectivity index (χ3n) is 2.53. The van der Waals surface area contributed by atoms with Gasteiger partial charge in [0.1, 0.15) is 6.61 Å². The Balaban J connectivity index is 2.59. The molecule has 0 spiro atoms. The van der Waals surface area contributed by atoms with Crippen molar-refractivity contribution in [3.8, 4) is 0 Å². The first-order chi connectivity index (χ1) is 9.86. The Bertz CT molecular complexity index is 588. The van der Waals surface area contributed by atoms with Crippen molar-refractivity contribution < 1.29 is 22.7 Å². The average molecular weight is 400 g/mol. The van der Waals surface area contributed by atoms with Gasteiger partial charge in [0.25, 0.3) is 9.05 Å². The first-order valence-electron chi connectivity index (χ1n) is 6.35. The smallest absolute Gasteiger partial charge is 0.338 e. The number of hydrogen-bond acceptors (Lipinski definition) is 5. The number of carbonyl (C=O) groups is 1. The first-order valence-corrected chi connectivity index (χ1v) is 9.45. The maximum atomic E-state index is 11.8. The Hall–Kier alpha value is -0.630. The highest BCUT2D eigenvalue weighted by atomic mass is 79.9. The summed E-state index contributed by atoms with van der Waals surface area (Å²) in [5, 5.41) is 0. The number of hydrogen-bond donors (Lipinski definition) is 0. The lowest BCUT2D eigenvalue weighted by molar-refractivity contribution is 0.0313. The molecule has 1 rings (SSSR count). The van der Waals surface area contributed by atoms with E-state index in [9.17, 15) is 13.2 Å². The highest BCUT2D eigenvalue weighted by molar-refractivity contribution is 9.10. The Morgan fingerprint density at radius 2 is 2.00 bits per heavy atom. The molecule has 0 heterocycles. The topological polar surface area (TPSA) is 69.7 Å². The molecule has 1 aromatic rings. The molecule has 8 heteroatoms. The van der Waals surface area contributed by atoms with E-state index in [0.29, 0.717) is 13.2 Å². The molecule has 0 aliphatic carbocycles. The van der Waals surface area contributed by atoms with Gasteiger partial charge in [-0.2, -0.15) is 0 Å². The van der Waals surface area contributed by atoms with E-state index in [4.69, 9.17) is 20.2 Å². The van der Waals surface area contributed by atoms with Crippen LogP contribution in [0, 0.1) is 0 Å². The molecule has 0 atom stereocenters. The van der Waals surface area contributed by atoms with Crippen molar-refractivity contribution in [2.24, 2.45) is 0 Å². The van der Waals surface area contributed by atoms with Crippen molar-refractivity contribution >= 4 is 41.6 Å². The molecule has 0 aliphatic heterocycles. The minimum Gasteiger partial charge on any atom is -0.460 e. The van der Waals surface area contributed by atoms with Gasteiger partial charge in [0.2, 0.25) is 0 Å². The Kier molecular flexibility index (Phi) is 7.65. The van der Waals surface area contributed by atoms with Crippen molar-refractivity contribution in [1.82, 2.24) is 0 Å². The number of unbranched alkanes of at least 4 members (excludes halogenated alkanes) is 1. The van der Waals surface area contributed by atoms with Crippen molar-refractivity contribution in [2.75, 3.05) is 19.8 Å². The summed E-state index contributed by atoms with van der Waals surface area (Å²) in [6.45, 7) is 3.10. The Morgan fingerprint density at radius 1 is 1.29 bits per heavy atom. The normalized spacial score (nSPS) is 11.4. The zero-order valence-electron chi connectivity index (χ0n) is 11.5. The maximum absolute atomic E-state index is 11.8. The van der Waals surface area contributed by atoms with Gasteiger partial charge < -0.3 is 9.47 Å². The van der Waals surface area contributed by atoms with Crippen LogP contribution in [-0.2, 0) is 18.5 Å². The minimum atomic E-state index is -3.93. The molecule has 0 bridgehead atoms. The summed E-state index contributed by atoms with van der Waals surface area (Å²) in [6.07, 6.45) is 1.99. The third-order valence-corrected chi connectivity index (χ3v) is 4.85. The minimum absolute atomic E-state index is 0.113. The van der Waals surface area contributed by atoms with E-state index in [0.717, 1.165) is 12.8 Å². The maximum Gasteiger partial charge on any atom is 0.338 e. The van der Waals surface area contributed by atoms with Crippen LogP contribution in [0.25, 0.3) is 0 Å². The molecule has 0 amide bonds. The second kappa shape index (κ2) is 8.73. The summed E-state index contributed by atoms with van der Waals surface area (Å²) >= 11 is 3.07. The molecular weight excluding hydrogens is 384 g/mol. The second-order valence-corrected chi connectivity index (χ2v) is 7.57. The van der Waals surface area contributed by atoms with Gasteiger partial charge in [-0.15, -0.1) is 0 Å². The summed E-state index contributed by atoms with van der Waals surface area (Å²) < 4.78 is 33.2. The lowest BCUT2D eigenvalue weighted by atomic mass is 10.2. The molecule has 1 aromatic carbocycles. The van der Waals surface area contributed by atoms with Gasteiger partial charge in [0.15, 0.2) is 0 Å². The van der Waals surface area contributed by atoms with Crippen molar-refractivity contribution in [3.05, 3.63) is 28.2 Å². The van der Waals surface area contributed by atoms with Gasteiger partial charge >= 0.3 is 5.97 Å². The van der Waals surface area contributed by atoms with Crippen LogP contribution < -0.4 is 0 Å². The van der Waals surface area contributed by atoms with E-state index in [-0.39, 0.29) is 21.5 Å². The molecule has 0 saturated carbocycles. The van der Waals surface area contributed by atoms with Crippen LogP contribution >= 0.6 is 26.6 Å². The standard InChI is InChI=1S/C13H16BrClO5S/c1-2-3-6-19-7-8-20-13(16)10-4-5-11(14)12(9-10)21(15,17)18/h4-5,9H,2-3,6-8H2,1H3. The molecule has 0 aliphatic rings. The Labute approximate surface area is 137 Å². The van der Waals surface area contributed by atoms with Gasteiger partial charge in [-0.25, -0.2) is 13.2 Å². The van der Waals surface area contributed by atoms with Gasteiger partial charge in [-0.3, -0.25) is 0 Å². The molecule has 0 aromatic heterocycles. The van der Waals surface area contributed by atoms with E-state index in [1.165, 1.54) is 18.2 Å². The van der Waals surface area contributed by atoms with E-state index >= 15 is 0 Å². The van der Waals surface area contributed by atoms with Crippen LogP contribution in [-0.4, -0.2) is 34.2 Å². The van der Waals surface area contributed by atoms with Crippen LogP contribution in [0.1, 0.15) is 30.1 Å². The fourth-order valence-corrected chi connectivity index (χ4v) is 3.56. The van der Waals surface area contributed by atoms with Crippen LogP contribution in [0.5, 0.6) is 0 Å². The lowest BCUT2D eigenvalue weighted by Gasteiger charge is -2.07. The SMILES string of the molecule is CCCCOCCOC(=O)c1ccc(Br)c(S(=O)(=O)Cl)c1. The lowest BCUT2D eigenvalue weighted by Crippen LogP contribution is -2.11. The summed E-state index contributed by atoms with van der Waals surface area (Å²) in [5.74, 6) is -0.622. The third kappa shape index (κ3) is 6.34. The molecule has 118 valence electrons. The summed E-state index contributed by atoms with van der Waals surface area (Å²) in [4.78, 5) is 11.6.